The van der Waals surface area contributed by atoms with E-state index in [1.165, 1.54) is 0 Å². The molecule has 0 aliphatic heterocycles. The van der Waals surface area contributed by atoms with E-state index in [0.29, 0.717) is 11.6 Å². The molecule has 0 unspecified atom stereocenters. The Kier molecular flexibility index (Phi) is 4.21. The molecule has 2 aromatic heterocycles. The molecule has 2 rings (SSSR count). The molecule has 2 heterocycles. The average molecular weight is 288 g/mol. The molecule has 0 aromatic carbocycles. The average Bonchev–Trinajstić information content (AvgIpc) is 2.83. The molecule has 0 saturated carbocycles. The molecule has 0 aliphatic carbocycles. The van der Waals surface area contributed by atoms with Gasteiger partial charge in [0.2, 0.25) is 5.88 Å². The Morgan fingerprint density at radius 1 is 1.19 bits per heavy atom. The highest BCUT2D eigenvalue weighted by molar-refractivity contribution is 5.51. The van der Waals surface area contributed by atoms with Crippen LogP contribution in [0, 0.1) is 0 Å². The van der Waals surface area contributed by atoms with Crippen molar-refractivity contribution < 1.29 is 4.74 Å². The number of nitrogens with two attached hydrogens (primary N) is 1. The molecule has 21 heavy (non-hydrogen) atoms. The van der Waals surface area contributed by atoms with Gasteiger partial charge in [0.25, 0.3) is 0 Å². The second kappa shape index (κ2) is 5.76. The molecule has 2 N–H and O–H groups in total. The third-order valence-corrected chi connectivity index (χ3v) is 3.05. The van der Waals surface area contributed by atoms with Crippen LogP contribution >= 0.6 is 0 Å². The zero-order valence-corrected chi connectivity index (χ0v) is 13.5. The van der Waals surface area contributed by atoms with Gasteiger partial charge in [0.05, 0.1) is 11.4 Å². The normalized spacial score (nSPS) is 11.7. The van der Waals surface area contributed by atoms with Crippen molar-refractivity contribution in [2.75, 3.05) is 5.73 Å². The van der Waals surface area contributed by atoms with E-state index in [4.69, 9.17) is 10.5 Å². The molecule has 2 aromatic rings. The molecule has 5 nitrogen and oxygen atoms in total. The van der Waals surface area contributed by atoms with E-state index in [9.17, 15) is 0 Å². The summed E-state index contributed by atoms with van der Waals surface area (Å²) in [6, 6.07) is 5.80. The Bertz CT molecular complexity index is 626. The third-order valence-electron chi connectivity index (χ3n) is 3.05. The molecule has 0 amide bonds. The van der Waals surface area contributed by atoms with Crippen molar-refractivity contribution in [2.45, 2.75) is 53.1 Å². The van der Waals surface area contributed by atoms with Gasteiger partial charge in [0.1, 0.15) is 5.60 Å². The summed E-state index contributed by atoms with van der Waals surface area (Å²) in [5.74, 6) is 1.19. The van der Waals surface area contributed by atoms with Crippen LogP contribution in [-0.2, 0) is 12.8 Å². The van der Waals surface area contributed by atoms with Gasteiger partial charge in [0, 0.05) is 5.69 Å². The molecule has 5 heteroatoms. The van der Waals surface area contributed by atoms with Crippen LogP contribution in [0.3, 0.4) is 0 Å². The van der Waals surface area contributed by atoms with Gasteiger partial charge in [-0.15, -0.1) is 0 Å². The van der Waals surface area contributed by atoms with Crippen molar-refractivity contribution in [3.8, 4) is 11.7 Å². The number of ether oxygens (including phenoxy) is 1. The number of aromatic nitrogens is 3. The number of nitrogen functional groups attached to an aromatic ring is 1. The number of anilines is 1. The predicted octanol–water partition coefficient (Wildman–Crippen LogP) is 3.15. The van der Waals surface area contributed by atoms with Crippen LogP contribution in [0.15, 0.2) is 18.2 Å². The van der Waals surface area contributed by atoms with Crippen molar-refractivity contribution in [1.29, 1.82) is 0 Å². The lowest BCUT2D eigenvalue weighted by Gasteiger charge is -2.21. The summed E-state index contributed by atoms with van der Waals surface area (Å²) in [5, 5.41) is 4.59. The van der Waals surface area contributed by atoms with E-state index in [-0.39, 0.29) is 5.60 Å². The Labute approximate surface area is 126 Å². The van der Waals surface area contributed by atoms with Crippen LogP contribution in [-0.4, -0.2) is 20.4 Å². The highest BCUT2D eigenvalue weighted by Crippen LogP contribution is 2.25. The second-order valence-electron chi connectivity index (χ2n) is 6.02. The monoisotopic (exact) mass is 288 g/mol. The number of hydrogen-bond acceptors (Lipinski definition) is 4. The molecule has 0 aliphatic rings. The molecule has 0 spiro atoms. The lowest BCUT2D eigenvalue weighted by molar-refractivity contribution is 0.125. The minimum Gasteiger partial charge on any atom is -0.470 e. The minimum absolute atomic E-state index is 0.341. The van der Waals surface area contributed by atoms with Crippen molar-refractivity contribution in [3.05, 3.63) is 29.6 Å². The standard InChI is InChI=1S/C16H24N4O/c1-6-11-10-12(7-2)20(19-11)14-9-8-13(17)15(18-14)21-16(3,4)5/h8-10H,6-7,17H2,1-5H3. The summed E-state index contributed by atoms with van der Waals surface area (Å²) in [6.07, 6.45) is 1.80. The maximum absolute atomic E-state index is 5.96. The van der Waals surface area contributed by atoms with Gasteiger partial charge >= 0.3 is 0 Å². The summed E-state index contributed by atoms with van der Waals surface area (Å²) in [6.45, 7) is 10.1. The zero-order chi connectivity index (χ0) is 15.6. The van der Waals surface area contributed by atoms with Gasteiger partial charge in [-0.1, -0.05) is 13.8 Å². The first-order valence-corrected chi connectivity index (χ1v) is 7.37. The maximum Gasteiger partial charge on any atom is 0.239 e. The number of aryl methyl sites for hydroxylation is 2. The number of hydrogen-bond donors (Lipinski definition) is 1. The molecular formula is C16H24N4O. The molecule has 0 fully saturated rings. The number of rotatable bonds is 4. The molecule has 0 bridgehead atoms. The Hall–Kier alpha value is -2.04. The van der Waals surface area contributed by atoms with Crippen LogP contribution < -0.4 is 10.5 Å². The lowest BCUT2D eigenvalue weighted by atomic mass is 10.2. The van der Waals surface area contributed by atoms with Crippen LogP contribution in [0.25, 0.3) is 5.82 Å². The van der Waals surface area contributed by atoms with Crippen molar-refractivity contribution in [2.24, 2.45) is 0 Å². The quantitative estimate of drug-likeness (QED) is 0.938. The van der Waals surface area contributed by atoms with Crippen molar-refractivity contribution in [1.82, 2.24) is 14.8 Å². The van der Waals surface area contributed by atoms with E-state index >= 15 is 0 Å². The van der Waals surface area contributed by atoms with Crippen LogP contribution in [0.2, 0.25) is 0 Å². The highest BCUT2D eigenvalue weighted by atomic mass is 16.5. The highest BCUT2D eigenvalue weighted by Gasteiger charge is 2.17. The van der Waals surface area contributed by atoms with E-state index < -0.39 is 0 Å². The summed E-state index contributed by atoms with van der Waals surface area (Å²) >= 11 is 0. The first-order valence-electron chi connectivity index (χ1n) is 7.37. The lowest BCUT2D eigenvalue weighted by Crippen LogP contribution is -2.24. The fourth-order valence-electron chi connectivity index (χ4n) is 2.03. The molecule has 0 saturated heterocycles. The molecule has 0 atom stereocenters. The Balaban J connectivity index is 2.45. The first kappa shape index (κ1) is 15.4. The summed E-state index contributed by atoms with van der Waals surface area (Å²) < 4.78 is 7.69. The number of nitrogens with zero attached hydrogens (tertiary/aromatic N) is 3. The van der Waals surface area contributed by atoms with Crippen LogP contribution in [0.1, 0.15) is 46.0 Å². The van der Waals surface area contributed by atoms with Gasteiger partial charge in [-0.3, -0.25) is 0 Å². The van der Waals surface area contributed by atoms with E-state index in [2.05, 4.69) is 30.0 Å². The van der Waals surface area contributed by atoms with E-state index in [0.717, 1.165) is 30.0 Å². The van der Waals surface area contributed by atoms with Gasteiger partial charge in [0.15, 0.2) is 5.82 Å². The smallest absolute Gasteiger partial charge is 0.239 e. The van der Waals surface area contributed by atoms with E-state index in [1.54, 1.807) is 0 Å². The number of pyridine rings is 1. The minimum atomic E-state index is -0.341. The van der Waals surface area contributed by atoms with Crippen LogP contribution in [0.5, 0.6) is 5.88 Å². The Morgan fingerprint density at radius 2 is 1.90 bits per heavy atom. The fraction of sp³-hybridized carbons (Fsp3) is 0.500. The third kappa shape index (κ3) is 3.54. The zero-order valence-electron chi connectivity index (χ0n) is 13.5. The van der Waals surface area contributed by atoms with Gasteiger partial charge < -0.3 is 10.5 Å². The molecule has 0 radical (unpaired) electrons. The Morgan fingerprint density at radius 3 is 2.48 bits per heavy atom. The molecular weight excluding hydrogens is 264 g/mol. The summed E-state index contributed by atoms with van der Waals surface area (Å²) in [7, 11) is 0. The summed E-state index contributed by atoms with van der Waals surface area (Å²) in [4.78, 5) is 4.54. The second-order valence-corrected chi connectivity index (χ2v) is 6.02. The maximum atomic E-state index is 5.96. The van der Waals surface area contributed by atoms with Gasteiger partial charge in [-0.25, -0.2) is 4.68 Å². The molecule has 114 valence electrons. The summed E-state index contributed by atoms with van der Waals surface area (Å²) in [5.41, 5.74) is 8.34. The largest absolute Gasteiger partial charge is 0.470 e. The fourth-order valence-corrected chi connectivity index (χ4v) is 2.03. The van der Waals surface area contributed by atoms with Crippen LogP contribution in [0.4, 0.5) is 5.69 Å². The van der Waals surface area contributed by atoms with Crippen molar-refractivity contribution in [3.63, 3.8) is 0 Å². The van der Waals surface area contributed by atoms with Crippen molar-refractivity contribution >= 4 is 5.69 Å². The van der Waals surface area contributed by atoms with Gasteiger partial charge in [-0.2, -0.15) is 10.1 Å². The SMILES string of the molecule is CCc1cc(CC)n(-c2ccc(N)c(OC(C)(C)C)n2)n1. The predicted molar refractivity (Wildman–Crippen MR) is 84.9 cm³/mol. The van der Waals surface area contributed by atoms with Gasteiger partial charge in [-0.05, 0) is 51.8 Å². The first-order chi connectivity index (χ1) is 9.84. The topological polar surface area (TPSA) is 66.0 Å². The van der Waals surface area contributed by atoms with E-state index in [1.807, 2.05) is 37.6 Å².